The van der Waals surface area contributed by atoms with Crippen LogP contribution in [0.2, 0.25) is 0 Å². The van der Waals surface area contributed by atoms with Crippen molar-refractivity contribution in [2.75, 3.05) is 158 Å². The van der Waals surface area contributed by atoms with Crippen LogP contribution in [-0.4, -0.2) is 233 Å². The number of piperidine rings is 1. The molecule has 42 heteroatoms. The summed E-state index contributed by atoms with van der Waals surface area (Å²) in [5.74, 6) is -6.35. The minimum Gasteiger partial charge on any atom is -0.497 e. The van der Waals surface area contributed by atoms with E-state index in [1.54, 1.807) is 98.1 Å². The highest BCUT2D eigenvalue weighted by molar-refractivity contribution is 7.91. The van der Waals surface area contributed by atoms with Gasteiger partial charge < -0.3 is 50.3 Å². The molecule has 5 saturated heterocycles. The van der Waals surface area contributed by atoms with Crippen LogP contribution in [0.15, 0.2) is 272 Å². The molecule has 5 amide bonds. The average molecular weight is 1940 g/mol. The van der Waals surface area contributed by atoms with Crippen molar-refractivity contribution < 1.29 is 116 Å². The first-order valence-electron chi connectivity index (χ1n) is 41.2. The van der Waals surface area contributed by atoms with Crippen LogP contribution in [0.1, 0.15) is 83.5 Å². The van der Waals surface area contributed by atoms with Crippen LogP contribution in [0, 0.1) is 11.6 Å². The van der Waals surface area contributed by atoms with E-state index in [0.29, 0.717) is 90.3 Å². The summed E-state index contributed by atoms with van der Waals surface area (Å²) in [4.78, 5) is 62.4. The van der Waals surface area contributed by atoms with Crippen molar-refractivity contribution in [3.63, 3.8) is 0 Å². The van der Waals surface area contributed by atoms with Gasteiger partial charge in [-0.2, -0.15) is 21.5 Å². The Morgan fingerprint density at radius 3 is 0.909 bits per heavy atom. The number of para-hydroxylation sites is 5. The predicted molar refractivity (Wildman–Crippen MR) is 484 cm³/mol. The fourth-order valence-corrected chi connectivity index (χ4v) is 22.2. The number of hydrogen-bond acceptors (Lipinski definition) is 22. The van der Waals surface area contributed by atoms with Gasteiger partial charge in [0, 0.05) is 106 Å². The van der Waals surface area contributed by atoms with Crippen molar-refractivity contribution >= 4 is 118 Å². The zero-order valence-electron chi connectivity index (χ0n) is 71.6. The lowest BCUT2D eigenvalue weighted by atomic mass is 10.1. The van der Waals surface area contributed by atoms with Crippen LogP contribution in [0.4, 0.5) is 46.0 Å². The van der Waals surface area contributed by atoms with Crippen LogP contribution >= 0.6 is 0 Å². The number of morpholine rings is 4. The lowest BCUT2D eigenvalue weighted by Gasteiger charge is -2.27. The fourth-order valence-electron chi connectivity index (χ4n) is 13.7. The highest BCUT2D eigenvalue weighted by atomic mass is 32.2. The summed E-state index contributed by atoms with van der Waals surface area (Å²) in [6.45, 7) is 6.40. The number of alkyl halides is 2. The molecule has 5 heterocycles. The van der Waals surface area contributed by atoms with Crippen LogP contribution in [0.5, 0.6) is 5.75 Å². The van der Waals surface area contributed by atoms with Gasteiger partial charge in [-0.15, -0.1) is 0 Å². The van der Waals surface area contributed by atoms with E-state index in [4.69, 9.17) is 23.7 Å². The van der Waals surface area contributed by atoms with Crippen LogP contribution in [0.25, 0.3) is 0 Å². The van der Waals surface area contributed by atoms with Gasteiger partial charge in [0.15, 0.2) is 9.84 Å². The summed E-state index contributed by atoms with van der Waals surface area (Å²) >= 11 is 0. The van der Waals surface area contributed by atoms with E-state index in [1.165, 1.54) is 167 Å². The zero-order valence-corrected chi connectivity index (χ0v) is 76.5. The number of amides is 5. The van der Waals surface area contributed by atoms with E-state index >= 15 is 0 Å². The lowest BCUT2D eigenvalue weighted by Crippen LogP contribution is -2.40. The summed E-state index contributed by atoms with van der Waals surface area (Å²) in [7, 11) is -20.6. The Bertz CT molecular complexity index is 6470. The topological polar surface area (TPSA) is 413 Å². The minimum absolute atomic E-state index is 0.00185. The predicted octanol–water partition coefficient (Wildman–Crippen LogP) is 11.8. The lowest BCUT2D eigenvalue weighted by molar-refractivity contribution is 0.0174. The summed E-state index contributed by atoms with van der Waals surface area (Å²) in [5.41, 5.74) is 1.38. The van der Waals surface area contributed by atoms with Crippen LogP contribution in [0.3, 0.4) is 0 Å². The number of hydrogen-bond donors (Lipinski definition) is 5. The number of halogens is 4. The number of carbonyl (C=O) groups excluding carboxylic acids is 5. The van der Waals surface area contributed by atoms with E-state index in [-0.39, 0.29) is 125 Å². The Labute approximate surface area is 763 Å². The second-order valence-electron chi connectivity index (χ2n) is 29.8. The molecule has 0 unspecified atom stereocenters. The van der Waals surface area contributed by atoms with Crippen molar-refractivity contribution in [1.29, 1.82) is 0 Å². The fraction of sp³-hybridized carbons (Fsp3) is 0.278. The minimum atomic E-state index is -3.81. The number of benzene rings is 10. The first-order chi connectivity index (χ1) is 62.9. The van der Waals surface area contributed by atoms with Crippen molar-refractivity contribution in [2.24, 2.45) is 0 Å². The number of methoxy groups -OCH3 is 1. The molecule has 0 aliphatic carbocycles. The number of nitrogens with zero attached hydrogens (tertiary/aromatic N) is 5. The number of nitrogens with one attached hydrogen (secondary N) is 5. The van der Waals surface area contributed by atoms with Gasteiger partial charge in [0.2, 0.25) is 50.1 Å². The molecule has 0 atom stereocenters. The highest BCUT2D eigenvalue weighted by Crippen LogP contribution is 2.34. The number of rotatable bonds is 23. The second kappa shape index (κ2) is 45.7. The Balaban J connectivity index is 0.000000159. The molecule has 15 rings (SSSR count). The Morgan fingerprint density at radius 2 is 0.606 bits per heavy atom. The number of ether oxygens (including phenoxy) is 5. The molecule has 0 aromatic heterocycles. The van der Waals surface area contributed by atoms with Gasteiger partial charge in [-0.25, -0.2) is 68.1 Å². The summed E-state index contributed by atoms with van der Waals surface area (Å²) in [6.07, 6.45) is 3.76. The second-order valence-corrected chi connectivity index (χ2v) is 41.3. The molecule has 5 fully saturated rings. The Morgan fingerprint density at radius 1 is 0.326 bits per heavy atom. The molecule has 5 N–H and O–H groups in total. The normalized spacial score (nSPS) is 15.8. The smallest absolute Gasteiger partial charge is 0.270 e. The molecule has 0 bridgehead atoms. The first-order valence-corrected chi connectivity index (χ1v) is 50.2. The summed E-state index contributed by atoms with van der Waals surface area (Å²) in [5, 5.41) is 12.9. The molecule has 702 valence electrons. The molecule has 132 heavy (non-hydrogen) atoms. The molecule has 5 aliphatic heterocycles. The molecule has 0 spiro atoms. The summed E-state index contributed by atoms with van der Waals surface area (Å²) in [6, 6.07) is 58.7. The monoisotopic (exact) mass is 1940 g/mol. The van der Waals surface area contributed by atoms with E-state index < -0.39 is 107 Å². The summed E-state index contributed by atoms with van der Waals surface area (Å²) < 4.78 is 238. The van der Waals surface area contributed by atoms with E-state index in [9.17, 15) is 92.0 Å². The molecule has 10 aromatic rings. The van der Waals surface area contributed by atoms with Crippen molar-refractivity contribution in [3.05, 3.63) is 288 Å². The van der Waals surface area contributed by atoms with Gasteiger partial charge in [0.1, 0.15) is 41.9 Å². The Kier molecular flexibility index (Phi) is 34.9. The molecule has 5 aliphatic rings. The molecule has 32 nitrogen and oxygen atoms in total. The molecule has 10 aromatic carbocycles. The van der Waals surface area contributed by atoms with Crippen molar-refractivity contribution in [3.8, 4) is 5.75 Å². The quantitative estimate of drug-likeness (QED) is 0.0371. The number of anilines is 5. The largest absolute Gasteiger partial charge is 0.497 e. The van der Waals surface area contributed by atoms with Crippen LogP contribution in [-0.2, 0) is 84.8 Å². The maximum absolute atomic E-state index is 13.8. The number of sulfonamides is 5. The van der Waals surface area contributed by atoms with E-state index in [2.05, 4.69) is 26.6 Å². The van der Waals surface area contributed by atoms with E-state index in [1.807, 2.05) is 0 Å². The maximum Gasteiger partial charge on any atom is 0.270 e. The molecule has 0 saturated carbocycles. The maximum atomic E-state index is 13.8. The number of sulfone groups is 1. The third kappa shape index (κ3) is 26.5. The van der Waals surface area contributed by atoms with Gasteiger partial charge in [0.05, 0.1) is 98.9 Å². The van der Waals surface area contributed by atoms with Gasteiger partial charge >= 0.3 is 0 Å². The molecular formula is C90H96F4N10O22S6. The van der Waals surface area contributed by atoms with Crippen molar-refractivity contribution in [1.82, 2.24) is 21.5 Å². The third-order valence-electron chi connectivity index (χ3n) is 20.7. The molecular weight excluding hydrogens is 1840 g/mol. The molecule has 0 radical (unpaired) electrons. The standard InChI is InChI=1S/C19H20F2N2O4S.C18H19FN2O3S.C18H20N2O6S2.C18H20N2O5S.C17H17FN2O4S/c1-19(20,21)15-8-6-14(7-9-15)18(24)22-16-4-2-3-5-17(16)28(25,26)23-10-12-27-13-11-23;19-15-8-6-7-14(13-15)18(22)20-16-9-2-3-10-17(16)25(23,24)21-11-4-1-5-12-21;1-27(22,23)15-8-6-14(7-9-15)18(21)19-16-4-2-3-5-17(16)28(24,25)20-10-12-26-13-11-20;1-24-15-8-6-14(7-9-15)18(21)19-16-4-2-3-5-17(16)26(22,23)20-10-12-25-13-11-20;18-14-6-2-1-5-13(14)17(21)19-15-7-3-4-8-16(15)25(22,23)20-9-11-24-12-10-20/h2-9H,10-13H2,1H3,(H,22,24);2-3,6-10,13H,1,4-5,11-12H2,(H,20,22);2-9H,10-13H2,1H3,(H,19,21);2-9H,10-13H2,1H3,(H,19,21);1-8H,9-12H2,(H,19,21). The average Bonchev–Trinajstić information content (AvgIpc) is 0.780. The van der Waals surface area contributed by atoms with E-state index in [0.717, 1.165) is 38.5 Å². The van der Waals surface area contributed by atoms with Gasteiger partial charge in [0.25, 0.3) is 35.5 Å². The first kappa shape index (κ1) is 101. The third-order valence-corrected chi connectivity index (χ3v) is 31.6. The Hall–Kier alpha value is -11.6. The van der Waals surface area contributed by atoms with Gasteiger partial charge in [-0.3, -0.25) is 24.0 Å². The number of carbonyl (C=O) groups is 5. The SMILES string of the molecule is CC(F)(F)c1ccc(C(=O)Nc2ccccc2S(=O)(=O)N2CCOCC2)cc1.COc1ccc(C(=O)Nc2ccccc2S(=O)(=O)N2CCOCC2)cc1.CS(=O)(=O)c1ccc(C(=O)Nc2ccccc2S(=O)(=O)N2CCOCC2)cc1.O=C(Nc1ccccc1S(=O)(=O)N1CCCCC1)c1cccc(F)c1.O=C(Nc1ccccc1S(=O)(=O)N1CCOCC1)c1ccccc1F. The zero-order chi connectivity index (χ0) is 95.0. The van der Waals surface area contributed by atoms with Gasteiger partial charge in [-0.1, -0.05) is 97.4 Å². The van der Waals surface area contributed by atoms with Crippen molar-refractivity contribution in [2.45, 2.75) is 61.5 Å². The van der Waals surface area contributed by atoms with Crippen LogP contribution < -0.4 is 31.3 Å². The van der Waals surface area contributed by atoms with Gasteiger partial charge in [-0.05, 0) is 165 Å². The highest BCUT2D eigenvalue weighted by Gasteiger charge is 2.36.